The van der Waals surface area contributed by atoms with E-state index in [1.54, 1.807) is 0 Å². The van der Waals surface area contributed by atoms with E-state index in [4.69, 9.17) is 0 Å². The number of hydrogen-bond acceptors (Lipinski definition) is 3. The second-order valence-corrected chi connectivity index (χ2v) is 5.38. The van der Waals surface area contributed by atoms with E-state index in [1.165, 1.54) is 30.8 Å². The minimum absolute atomic E-state index is 0.0263. The Labute approximate surface area is 84.5 Å². The molecular formula is C10H19NOS. The highest BCUT2D eigenvalue weighted by molar-refractivity contribution is 7.99. The third kappa shape index (κ3) is 2.61. The van der Waals surface area contributed by atoms with Gasteiger partial charge >= 0.3 is 0 Å². The van der Waals surface area contributed by atoms with Crippen LogP contribution in [0.1, 0.15) is 25.7 Å². The van der Waals surface area contributed by atoms with Gasteiger partial charge < -0.3 is 10.4 Å². The maximum Gasteiger partial charge on any atom is 0.0580 e. The van der Waals surface area contributed by atoms with Gasteiger partial charge in [0.25, 0.3) is 0 Å². The van der Waals surface area contributed by atoms with Gasteiger partial charge in [0.05, 0.1) is 6.10 Å². The molecule has 2 aliphatic rings. The molecule has 1 aliphatic heterocycles. The van der Waals surface area contributed by atoms with Gasteiger partial charge in [-0.05, 0) is 30.9 Å². The van der Waals surface area contributed by atoms with E-state index < -0.39 is 0 Å². The van der Waals surface area contributed by atoms with Crippen LogP contribution in [0.15, 0.2) is 0 Å². The Hall–Kier alpha value is 0.270. The molecule has 13 heavy (non-hydrogen) atoms. The molecule has 3 heteroatoms. The molecule has 0 bridgehead atoms. The first-order valence-corrected chi connectivity index (χ1v) is 6.51. The van der Waals surface area contributed by atoms with Crippen LogP contribution in [-0.4, -0.2) is 35.3 Å². The van der Waals surface area contributed by atoms with Crippen molar-refractivity contribution in [2.75, 3.05) is 18.1 Å². The average Bonchev–Trinajstić information content (AvgIpc) is 2.72. The first-order chi connectivity index (χ1) is 6.36. The molecule has 0 aromatic rings. The summed E-state index contributed by atoms with van der Waals surface area (Å²) in [7, 11) is 0. The third-order valence-electron chi connectivity index (χ3n) is 3.22. The molecule has 2 N–H and O–H groups in total. The molecule has 0 radical (unpaired) electrons. The number of aliphatic hydroxyl groups excluding tert-OH is 1. The van der Waals surface area contributed by atoms with Crippen molar-refractivity contribution in [1.82, 2.24) is 5.32 Å². The van der Waals surface area contributed by atoms with Gasteiger partial charge in [0.1, 0.15) is 0 Å². The van der Waals surface area contributed by atoms with Crippen molar-refractivity contribution in [3.63, 3.8) is 0 Å². The van der Waals surface area contributed by atoms with E-state index in [2.05, 4.69) is 5.32 Å². The van der Waals surface area contributed by atoms with E-state index >= 15 is 0 Å². The van der Waals surface area contributed by atoms with Gasteiger partial charge in [-0.2, -0.15) is 11.8 Å². The molecule has 2 rings (SSSR count). The minimum atomic E-state index is -0.0263. The summed E-state index contributed by atoms with van der Waals surface area (Å²) in [6.45, 7) is 1.03. The lowest BCUT2D eigenvalue weighted by molar-refractivity contribution is 0.130. The summed E-state index contributed by atoms with van der Waals surface area (Å²) in [5.74, 6) is 3.11. The molecular weight excluding hydrogens is 182 g/mol. The average molecular weight is 201 g/mol. The molecule has 0 amide bonds. The SMILES string of the molecule is OC1CCCC1CNC1CCSC1. The van der Waals surface area contributed by atoms with Crippen molar-refractivity contribution in [3.8, 4) is 0 Å². The summed E-state index contributed by atoms with van der Waals surface area (Å²) in [5, 5.41) is 13.2. The number of thioether (sulfide) groups is 1. The molecule has 3 unspecified atom stereocenters. The van der Waals surface area contributed by atoms with E-state index in [1.807, 2.05) is 11.8 Å². The summed E-state index contributed by atoms with van der Waals surface area (Å²) < 4.78 is 0. The van der Waals surface area contributed by atoms with Crippen LogP contribution in [0.25, 0.3) is 0 Å². The van der Waals surface area contributed by atoms with Crippen molar-refractivity contribution in [2.45, 2.75) is 37.8 Å². The van der Waals surface area contributed by atoms with Gasteiger partial charge in [-0.25, -0.2) is 0 Å². The lowest BCUT2D eigenvalue weighted by Gasteiger charge is -2.18. The topological polar surface area (TPSA) is 32.3 Å². The highest BCUT2D eigenvalue weighted by Gasteiger charge is 2.26. The number of aliphatic hydroxyl groups is 1. The smallest absolute Gasteiger partial charge is 0.0580 e. The first-order valence-electron chi connectivity index (χ1n) is 5.35. The Kier molecular flexibility index (Phi) is 3.52. The molecule has 1 saturated carbocycles. The van der Waals surface area contributed by atoms with Crippen LogP contribution in [-0.2, 0) is 0 Å². The standard InChI is InChI=1S/C10H19NOS/c12-10-3-1-2-8(10)6-11-9-4-5-13-7-9/h8-12H,1-7H2. The van der Waals surface area contributed by atoms with Gasteiger partial charge in [-0.15, -0.1) is 0 Å². The monoisotopic (exact) mass is 201 g/mol. The summed E-state index contributed by atoms with van der Waals surface area (Å²) in [5.41, 5.74) is 0. The first kappa shape index (κ1) is 9.81. The van der Waals surface area contributed by atoms with Crippen molar-refractivity contribution in [1.29, 1.82) is 0 Å². The van der Waals surface area contributed by atoms with Crippen molar-refractivity contribution in [2.24, 2.45) is 5.92 Å². The summed E-state index contributed by atoms with van der Waals surface area (Å²) in [6, 6.07) is 0.720. The second-order valence-electron chi connectivity index (χ2n) is 4.23. The molecule has 0 aromatic carbocycles. The van der Waals surface area contributed by atoms with E-state index in [0.29, 0.717) is 5.92 Å². The Bertz CT molecular complexity index is 159. The van der Waals surface area contributed by atoms with E-state index in [0.717, 1.165) is 19.0 Å². The van der Waals surface area contributed by atoms with Gasteiger partial charge in [0.2, 0.25) is 0 Å². The molecule has 0 aromatic heterocycles. The van der Waals surface area contributed by atoms with Gasteiger partial charge in [0, 0.05) is 18.3 Å². The van der Waals surface area contributed by atoms with Crippen LogP contribution in [0.4, 0.5) is 0 Å². The maximum atomic E-state index is 9.62. The van der Waals surface area contributed by atoms with Crippen molar-refractivity contribution >= 4 is 11.8 Å². The van der Waals surface area contributed by atoms with Crippen LogP contribution >= 0.6 is 11.8 Å². The summed E-state index contributed by atoms with van der Waals surface area (Å²) in [4.78, 5) is 0. The van der Waals surface area contributed by atoms with Crippen LogP contribution in [0.5, 0.6) is 0 Å². The number of rotatable bonds is 3. The number of hydrogen-bond donors (Lipinski definition) is 2. The van der Waals surface area contributed by atoms with Crippen molar-refractivity contribution < 1.29 is 5.11 Å². The Morgan fingerprint density at radius 3 is 2.85 bits per heavy atom. The quantitative estimate of drug-likeness (QED) is 0.720. The molecule has 3 atom stereocenters. The lowest BCUT2D eigenvalue weighted by Crippen LogP contribution is -2.35. The second kappa shape index (κ2) is 4.67. The zero-order valence-electron chi connectivity index (χ0n) is 8.04. The predicted octanol–water partition coefficient (Wildman–Crippen LogP) is 1.24. The molecule has 1 aliphatic carbocycles. The van der Waals surface area contributed by atoms with Gasteiger partial charge in [0.15, 0.2) is 0 Å². The zero-order valence-corrected chi connectivity index (χ0v) is 8.85. The third-order valence-corrected chi connectivity index (χ3v) is 4.38. The highest BCUT2D eigenvalue weighted by atomic mass is 32.2. The zero-order chi connectivity index (χ0) is 9.10. The minimum Gasteiger partial charge on any atom is -0.393 e. The van der Waals surface area contributed by atoms with Gasteiger partial charge in [-0.1, -0.05) is 6.42 Å². The molecule has 2 nitrogen and oxygen atoms in total. The van der Waals surface area contributed by atoms with Crippen LogP contribution < -0.4 is 5.32 Å². The van der Waals surface area contributed by atoms with Crippen LogP contribution in [0, 0.1) is 5.92 Å². The van der Waals surface area contributed by atoms with Crippen molar-refractivity contribution in [3.05, 3.63) is 0 Å². The Morgan fingerprint density at radius 1 is 1.31 bits per heavy atom. The molecule has 76 valence electrons. The highest BCUT2D eigenvalue weighted by Crippen LogP contribution is 2.25. The fraction of sp³-hybridized carbons (Fsp3) is 1.00. The number of nitrogens with one attached hydrogen (secondary N) is 1. The predicted molar refractivity (Wildman–Crippen MR) is 57.1 cm³/mol. The maximum absolute atomic E-state index is 9.62. The summed E-state index contributed by atoms with van der Waals surface area (Å²) in [6.07, 6.45) is 4.74. The molecule has 2 fully saturated rings. The van der Waals surface area contributed by atoms with Crippen LogP contribution in [0.2, 0.25) is 0 Å². The fourth-order valence-electron chi connectivity index (χ4n) is 2.27. The van der Waals surface area contributed by atoms with E-state index in [9.17, 15) is 5.11 Å². The van der Waals surface area contributed by atoms with E-state index in [-0.39, 0.29) is 6.10 Å². The normalized spacial score (nSPS) is 39.9. The van der Waals surface area contributed by atoms with Gasteiger partial charge in [-0.3, -0.25) is 0 Å². The lowest BCUT2D eigenvalue weighted by atomic mass is 10.1. The fourth-order valence-corrected chi connectivity index (χ4v) is 3.46. The molecule has 1 heterocycles. The molecule has 0 spiro atoms. The summed E-state index contributed by atoms with van der Waals surface area (Å²) >= 11 is 2.04. The Balaban J connectivity index is 1.66. The molecule has 1 saturated heterocycles. The Morgan fingerprint density at radius 2 is 2.23 bits per heavy atom. The van der Waals surface area contributed by atoms with Crippen LogP contribution in [0.3, 0.4) is 0 Å². The largest absolute Gasteiger partial charge is 0.393 e.